The molecular formula is C27H48N2O4. The van der Waals surface area contributed by atoms with Crippen LogP contribution >= 0.6 is 0 Å². The number of likely N-dealkylation sites (tertiary alicyclic amines) is 2. The Hall–Kier alpha value is -1.11. The maximum absolute atomic E-state index is 10.6. The molecule has 0 aromatic carbocycles. The molecule has 6 nitrogen and oxygen atoms in total. The second-order valence-corrected chi connectivity index (χ2v) is 11.4. The third-order valence-corrected chi connectivity index (χ3v) is 8.51. The van der Waals surface area contributed by atoms with Crippen LogP contribution in [-0.2, 0) is 9.47 Å². The van der Waals surface area contributed by atoms with Crippen molar-refractivity contribution < 1.29 is 19.4 Å². The Bertz CT molecular complexity index is 651. The minimum absolute atomic E-state index is 0.0764. The van der Waals surface area contributed by atoms with Crippen molar-refractivity contribution in [2.75, 3.05) is 40.3 Å². The predicted octanol–water partition coefficient (Wildman–Crippen LogP) is 5.42. The summed E-state index contributed by atoms with van der Waals surface area (Å²) < 4.78 is 11.7. The lowest BCUT2D eigenvalue weighted by Crippen LogP contribution is -2.49. The summed E-state index contributed by atoms with van der Waals surface area (Å²) in [6.45, 7) is 10.6. The van der Waals surface area contributed by atoms with Gasteiger partial charge in [0.15, 0.2) is 0 Å². The van der Waals surface area contributed by atoms with Crippen molar-refractivity contribution in [3.05, 3.63) is 11.6 Å². The molecule has 190 valence electrons. The van der Waals surface area contributed by atoms with E-state index in [1.807, 2.05) is 7.11 Å². The minimum Gasteiger partial charge on any atom is -0.465 e. The number of methoxy groups -OCH3 is 1. The number of epoxide rings is 1. The summed E-state index contributed by atoms with van der Waals surface area (Å²) in [5, 5.41) is 8.72. The van der Waals surface area contributed by atoms with Gasteiger partial charge >= 0.3 is 6.09 Å². The van der Waals surface area contributed by atoms with Gasteiger partial charge in [-0.1, -0.05) is 24.5 Å². The van der Waals surface area contributed by atoms with Gasteiger partial charge in [-0.05, 0) is 97.7 Å². The maximum atomic E-state index is 10.6. The van der Waals surface area contributed by atoms with Crippen molar-refractivity contribution >= 4 is 6.09 Å². The van der Waals surface area contributed by atoms with Crippen LogP contribution in [0.25, 0.3) is 0 Å². The number of rotatable bonds is 7. The molecule has 4 unspecified atom stereocenters. The molecule has 0 aromatic rings. The third-order valence-electron chi connectivity index (χ3n) is 8.51. The molecule has 1 N–H and O–H groups in total. The zero-order chi connectivity index (χ0) is 24.0. The fourth-order valence-electron chi connectivity index (χ4n) is 5.99. The van der Waals surface area contributed by atoms with Crippen LogP contribution in [0, 0.1) is 17.8 Å². The molecule has 6 heteroatoms. The zero-order valence-corrected chi connectivity index (χ0v) is 21.7. The molecule has 0 radical (unpaired) electrons. The number of amides is 1. The van der Waals surface area contributed by atoms with Crippen molar-refractivity contribution in [2.45, 2.75) is 96.4 Å². The molecule has 3 saturated heterocycles. The van der Waals surface area contributed by atoms with Crippen molar-refractivity contribution in [2.24, 2.45) is 17.8 Å². The summed E-state index contributed by atoms with van der Waals surface area (Å²) in [4.78, 5) is 14.5. The zero-order valence-electron chi connectivity index (χ0n) is 21.7. The van der Waals surface area contributed by atoms with Crippen LogP contribution in [0.1, 0.15) is 78.6 Å². The molecule has 3 heterocycles. The van der Waals surface area contributed by atoms with Gasteiger partial charge in [0.1, 0.15) is 0 Å². The normalized spacial score (nSPS) is 33.0. The van der Waals surface area contributed by atoms with Crippen molar-refractivity contribution in [3.63, 3.8) is 0 Å². The molecule has 1 saturated carbocycles. The van der Waals surface area contributed by atoms with Crippen molar-refractivity contribution in [1.82, 2.24) is 9.80 Å². The van der Waals surface area contributed by atoms with Crippen LogP contribution in [-0.4, -0.2) is 79.1 Å². The Kier molecular flexibility index (Phi) is 9.66. The minimum atomic E-state index is -0.754. The maximum Gasteiger partial charge on any atom is 0.407 e. The number of carbonyl (C=O) groups is 1. The number of hydrogen-bond acceptors (Lipinski definition) is 4. The van der Waals surface area contributed by atoms with E-state index < -0.39 is 6.09 Å². The van der Waals surface area contributed by atoms with Gasteiger partial charge in [-0.3, -0.25) is 0 Å². The average Bonchev–Trinajstić information content (AvgIpc) is 3.43. The van der Waals surface area contributed by atoms with Crippen LogP contribution in [0.15, 0.2) is 11.6 Å². The summed E-state index contributed by atoms with van der Waals surface area (Å²) in [5.41, 5.74) is 1.46. The first-order valence-electron chi connectivity index (χ1n) is 13.2. The lowest BCUT2D eigenvalue weighted by Gasteiger charge is -2.38. The molecule has 0 bridgehead atoms. The lowest BCUT2D eigenvalue weighted by atomic mass is 9.76. The highest BCUT2D eigenvalue weighted by atomic mass is 16.6. The van der Waals surface area contributed by atoms with Gasteiger partial charge in [0.05, 0.1) is 17.8 Å². The highest BCUT2D eigenvalue weighted by Crippen LogP contribution is 2.50. The van der Waals surface area contributed by atoms with E-state index in [1.54, 1.807) is 0 Å². The number of ether oxygens (including phenoxy) is 2. The Balaban J connectivity index is 0.000000186. The van der Waals surface area contributed by atoms with Crippen molar-refractivity contribution in [1.29, 1.82) is 0 Å². The van der Waals surface area contributed by atoms with E-state index in [4.69, 9.17) is 14.6 Å². The molecule has 4 rings (SSSR count). The number of allylic oxidation sites excluding steroid dienone is 1. The second-order valence-electron chi connectivity index (χ2n) is 11.4. The van der Waals surface area contributed by atoms with E-state index in [1.165, 1.54) is 74.9 Å². The molecule has 1 aliphatic carbocycles. The first-order valence-corrected chi connectivity index (χ1v) is 13.2. The monoisotopic (exact) mass is 464 g/mol. The molecule has 3 aliphatic heterocycles. The third kappa shape index (κ3) is 7.43. The number of hydrogen-bond donors (Lipinski definition) is 1. The first-order chi connectivity index (χ1) is 15.7. The van der Waals surface area contributed by atoms with Crippen LogP contribution in [0.4, 0.5) is 4.79 Å². The van der Waals surface area contributed by atoms with Gasteiger partial charge in [0.25, 0.3) is 0 Å². The van der Waals surface area contributed by atoms with Gasteiger partial charge in [-0.25, -0.2) is 4.79 Å². The van der Waals surface area contributed by atoms with Gasteiger partial charge in [-0.2, -0.15) is 0 Å². The molecule has 33 heavy (non-hydrogen) atoms. The molecule has 0 spiro atoms. The highest BCUT2D eigenvalue weighted by molar-refractivity contribution is 5.65. The molecule has 0 aromatic heterocycles. The van der Waals surface area contributed by atoms with Crippen LogP contribution < -0.4 is 0 Å². The summed E-state index contributed by atoms with van der Waals surface area (Å²) in [5.74, 6) is 2.11. The van der Waals surface area contributed by atoms with E-state index in [0.29, 0.717) is 24.0 Å². The molecule has 4 atom stereocenters. The highest BCUT2D eigenvalue weighted by Gasteiger charge is 2.58. The van der Waals surface area contributed by atoms with E-state index in [2.05, 4.69) is 38.8 Å². The van der Waals surface area contributed by atoms with Gasteiger partial charge < -0.3 is 24.4 Å². The van der Waals surface area contributed by atoms with E-state index in [0.717, 1.165) is 25.4 Å². The standard InChI is InChI=1S/C15H26O2.C12H22N2O2/c1-11(2)9-10-14-15(3,17-14)12-7-5-6-8-13(12)16-4;1-13-6-4-10(5-7-13)2-3-11-8-14(9-11)12(15)16/h9,12-14H,5-8,10H2,1-4H3;10-11H,2-9H2,1H3,(H,15,16). The van der Waals surface area contributed by atoms with Crippen LogP contribution in [0.2, 0.25) is 0 Å². The SMILES string of the molecule is CN1CCC(CCC2CN(C(=O)O)C2)CC1.COC1CCCCC1C1(C)OC1CC=C(C)C. The fourth-order valence-corrected chi connectivity index (χ4v) is 5.99. The average molecular weight is 465 g/mol. The lowest BCUT2D eigenvalue weighted by molar-refractivity contribution is -0.00777. The predicted molar refractivity (Wildman–Crippen MR) is 133 cm³/mol. The van der Waals surface area contributed by atoms with Crippen LogP contribution in [0.5, 0.6) is 0 Å². The number of piperidine rings is 1. The largest absolute Gasteiger partial charge is 0.465 e. The summed E-state index contributed by atoms with van der Waals surface area (Å²) >= 11 is 0. The summed E-state index contributed by atoms with van der Waals surface area (Å²) in [7, 11) is 4.03. The summed E-state index contributed by atoms with van der Waals surface area (Å²) in [6.07, 6.45) is 13.7. The van der Waals surface area contributed by atoms with Gasteiger partial charge in [0.2, 0.25) is 0 Å². The van der Waals surface area contributed by atoms with E-state index >= 15 is 0 Å². The quantitative estimate of drug-likeness (QED) is 0.402. The molecule has 4 fully saturated rings. The van der Waals surface area contributed by atoms with Crippen LogP contribution in [0.3, 0.4) is 0 Å². The Labute approximate surface area is 201 Å². The van der Waals surface area contributed by atoms with Crippen molar-refractivity contribution in [3.8, 4) is 0 Å². The Morgan fingerprint density at radius 2 is 1.73 bits per heavy atom. The fraction of sp³-hybridized carbons (Fsp3) is 0.889. The molecule has 1 amide bonds. The van der Waals surface area contributed by atoms with Gasteiger partial charge in [0, 0.05) is 26.1 Å². The summed E-state index contributed by atoms with van der Waals surface area (Å²) in [6, 6.07) is 0. The topological polar surface area (TPSA) is 65.5 Å². The number of nitrogens with zero attached hydrogens (tertiary/aromatic N) is 2. The van der Waals surface area contributed by atoms with E-state index in [9.17, 15) is 4.79 Å². The Morgan fingerprint density at radius 3 is 2.33 bits per heavy atom. The first kappa shape index (κ1) is 26.5. The Morgan fingerprint density at radius 1 is 1.09 bits per heavy atom. The number of carboxylic acid groups (broad SMARTS) is 1. The molecule has 4 aliphatic rings. The van der Waals surface area contributed by atoms with E-state index in [-0.39, 0.29) is 5.60 Å². The second kappa shape index (κ2) is 12.0. The van der Waals surface area contributed by atoms with Gasteiger partial charge in [-0.15, -0.1) is 0 Å². The smallest absolute Gasteiger partial charge is 0.407 e. The molecular weight excluding hydrogens is 416 g/mol.